The molecule has 0 aromatic heterocycles. The van der Waals surface area contributed by atoms with Gasteiger partial charge in [-0.25, -0.2) is 9.18 Å². The Balaban J connectivity index is 2.57. The zero-order valence-electron chi connectivity index (χ0n) is 11.0. The van der Waals surface area contributed by atoms with Crippen LogP contribution >= 0.6 is 11.8 Å². The second kappa shape index (κ2) is 8.37. The van der Waals surface area contributed by atoms with E-state index >= 15 is 0 Å². The average molecular weight is 298 g/mol. The normalized spacial score (nSPS) is 10.7. The van der Waals surface area contributed by atoms with E-state index in [2.05, 4.69) is 4.74 Å². The molecule has 0 aliphatic rings. The maximum atomic E-state index is 13.4. The highest BCUT2D eigenvalue weighted by Crippen LogP contribution is 2.17. The van der Waals surface area contributed by atoms with Gasteiger partial charge in [0.1, 0.15) is 5.82 Å². The Morgan fingerprint density at radius 2 is 2.15 bits per heavy atom. The van der Waals surface area contributed by atoms with E-state index < -0.39 is 11.8 Å². The summed E-state index contributed by atoms with van der Waals surface area (Å²) >= 11 is 1.48. The molecule has 6 heteroatoms. The van der Waals surface area contributed by atoms with Crippen molar-refractivity contribution in [3.8, 4) is 0 Å². The van der Waals surface area contributed by atoms with Crippen LogP contribution in [0.15, 0.2) is 24.3 Å². The summed E-state index contributed by atoms with van der Waals surface area (Å²) in [4.78, 5) is 21.3. The van der Waals surface area contributed by atoms with Crippen molar-refractivity contribution < 1.29 is 23.8 Å². The fourth-order valence-corrected chi connectivity index (χ4v) is 2.33. The van der Waals surface area contributed by atoms with Crippen LogP contribution < -0.4 is 0 Å². The smallest absolute Gasteiger partial charge is 0.328 e. The molecule has 0 atom stereocenters. The number of aliphatic carboxylic acids is 1. The predicted molar refractivity (Wildman–Crippen MR) is 75.9 cm³/mol. The minimum Gasteiger partial charge on any atom is -0.478 e. The number of carbonyl (C=O) groups is 2. The standard InChI is InChI=1S/C14H15FO4S/c1-19-14(18)4-5-20-9-11-6-10(2-3-13(16)17)7-12(15)8-11/h2-3,6-8H,4-5,9H2,1H3,(H,16,17). The number of carboxylic acid groups (broad SMARTS) is 1. The fraction of sp³-hybridized carbons (Fsp3) is 0.286. The second-order valence-corrected chi connectivity index (χ2v) is 5.05. The molecule has 20 heavy (non-hydrogen) atoms. The molecule has 0 saturated carbocycles. The average Bonchev–Trinajstić information content (AvgIpc) is 2.40. The summed E-state index contributed by atoms with van der Waals surface area (Å²) < 4.78 is 17.9. The lowest BCUT2D eigenvalue weighted by molar-refractivity contribution is -0.140. The third kappa shape index (κ3) is 6.38. The van der Waals surface area contributed by atoms with Gasteiger partial charge < -0.3 is 9.84 Å². The van der Waals surface area contributed by atoms with Gasteiger partial charge in [0.15, 0.2) is 0 Å². The van der Waals surface area contributed by atoms with Crippen LogP contribution in [0.4, 0.5) is 4.39 Å². The summed E-state index contributed by atoms with van der Waals surface area (Å²) in [6.07, 6.45) is 2.61. The number of hydrogen-bond acceptors (Lipinski definition) is 4. The predicted octanol–water partition coefficient (Wildman–Crippen LogP) is 2.72. The first-order valence-electron chi connectivity index (χ1n) is 5.86. The molecule has 0 fully saturated rings. The summed E-state index contributed by atoms with van der Waals surface area (Å²) in [6.45, 7) is 0. The van der Waals surface area contributed by atoms with Crippen LogP contribution in [0.3, 0.4) is 0 Å². The lowest BCUT2D eigenvalue weighted by atomic mass is 10.1. The van der Waals surface area contributed by atoms with Gasteiger partial charge in [0, 0.05) is 17.6 Å². The molecule has 0 amide bonds. The lowest BCUT2D eigenvalue weighted by Crippen LogP contribution is -2.01. The number of methoxy groups -OCH3 is 1. The number of thioether (sulfide) groups is 1. The van der Waals surface area contributed by atoms with Gasteiger partial charge in [0.25, 0.3) is 0 Å². The van der Waals surface area contributed by atoms with Crippen LogP contribution in [-0.4, -0.2) is 29.9 Å². The van der Waals surface area contributed by atoms with Crippen molar-refractivity contribution in [1.29, 1.82) is 0 Å². The molecule has 0 unspecified atom stereocenters. The Hall–Kier alpha value is -1.82. The number of halogens is 1. The van der Waals surface area contributed by atoms with Crippen molar-refractivity contribution in [3.63, 3.8) is 0 Å². The van der Waals surface area contributed by atoms with Crippen LogP contribution in [0.25, 0.3) is 6.08 Å². The molecule has 108 valence electrons. The number of hydrogen-bond donors (Lipinski definition) is 1. The maximum absolute atomic E-state index is 13.4. The molecule has 1 aromatic carbocycles. The largest absolute Gasteiger partial charge is 0.478 e. The molecule has 0 saturated heterocycles. The molecule has 0 radical (unpaired) electrons. The number of carbonyl (C=O) groups excluding carboxylic acids is 1. The first kappa shape index (κ1) is 16.2. The third-order valence-corrected chi connectivity index (χ3v) is 3.38. The van der Waals surface area contributed by atoms with Crippen molar-refractivity contribution in [2.24, 2.45) is 0 Å². The number of rotatable bonds is 7. The monoisotopic (exact) mass is 298 g/mol. The van der Waals surface area contributed by atoms with Gasteiger partial charge in [0.05, 0.1) is 13.5 Å². The first-order chi connectivity index (χ1) is 9.51. The van der Waals surface area contributed by atoms with Crippen molar-refractivity contribution in [2.75, 3.05) is 12.9 Å². The van der Waals surface area contributed by atoms with Gasteiger partial charge in [0.2, 0.25) is 0 Å². The van der Waals surface area contributed by atoms with Crippen LogP contribution in [-0.2, 0) is 20.1 Å². The molecule has 0 aliphatic heterocycles. The zero-order chi connectivity index (χ0) is 15.0. The van der Waals surface area contributed by atoms with Gasteiger partial charge in [-0.3, -0.25) is 4.79 Å². The van der Waals surface area contributed by atoms with Crippen molar-refractivity contribution in [3.05, 3.63) is 41.2 Å². The lowest BCUT2D eigenvalue weighted by Gasteiger charge is -2.04. The molecule has 1 aromatic rings. The minimum atomic E-state index is -1.08. The second-order valence-electron chi connectivity index (χ2n) is 3.94. The highest BCUT2D eigenvalue weighted by atomic mass is 32.2. The van der Waals surface area contributed by atoms with E-state index in [0.29, 0.717) is 23.5 Å². The van der Waals surface area contributed by atoms with E-state index in [1.54, 1.807) is 6.07 Å². The molecule has 1 N–H and O–H groups in total. The highest BCUT2D eigenvalue weighted by Gasteiger charge is 2.03. The fourth-order valence-electron chi connectivity index (χ4n) is 1.47. The molecular formula is C14H15FO4S. The Morgan fingerprint density at radius 3 is 2.80 bits per heavy atom. The van der Waals surface area contributed by atoms with Crippen molar-refractivity contribution in [2.45, 2.75) is 12.2 Å². The quantitative estimate of drug-likeness (QED) is 0.476. The van der Waals surface area contributed by atoms with Crippen molar-refractivity contribution in [1.82, 2.24) is 0 Å². The highest BCUT2D eigenvalue weighted by molar-refractivity contribution is 7.98. The summed E-state index contributed by atoms with van der Waals surface area (Å²) in [6, 6.07) is 4.37. The molecule has 0 heterocycles. The van der Waals surface area contributed by atoms with Crippen LogP contribution in [0.2, 0.25) is 0 Å². The maximum Gasteiger partial charge on any atom is 0.328 e. The molecular weight excluding hydrogens is 283 g/mol. The van der Waals surface area contributed by atoms with Gasteiger partial charge in [-0.2, -0.15) is 11.8 Å². The van der Waals surface area contributed by atoms with E-state index in [1.807, 2.05) is 0 Å². The minimum absolute atomic E-state index is 0.276. The van der Waals surface area contributed by atoms with E-state index in [-0.39, 0.29) is 5.97 Å². The topological polar surface area (TPSA) is 63.6 Å². The molecule has 4 nitrogen and oxygen atoms in total. The van der Waals surface area contributed by atoms with Crippen molar-refractivity contribution >= 4 is 29.8 Å². The summed E-state index contributed by atoms with van der Waals surface area (Å²) in [5.41, 5.74) is 1.24. The van der Waals surface area contributed by atoms with Crippen LogP contribution in [0.5, 0.6) is 0 Å². The summed E-state index contributed by atoms with van der Waals surface area (Å²) in [7, 11) is 1.33. The van der Waals surface area contributed by atoms with Gasteiger partial charge in [-0.05, 0) is 29.3 Å². The van der Waals surface area contributed by atoms with E-state index in [1.165, 1.54) is 37.1 Å². The number of carboxylic acids is 1. The molecule has 1 rings (SSSR count). The summed E-state index contributed by atoms with van der Waals surface area (Å²) in [5.74, 6) is -0.641. The van der Waals surface area contributed by atoms with Gasteiger partial charge in [-0.1, -0.05) is 6.07 Å². The Kier molecular flexibility index (Phi) is 6.79. The van der Waals surface area contributed by atoms with Crippen LogP contribution in [0.1, 0.15) is 17.5 Å². The molecule has 0 aliphatic carbocycles. The SMILES string of the molecule is COC(=O)CCSCc1cc(F)cc(C=CC(=O)O)c1. The number of esters is 1. The Bertz CT molecular complexity index is 514. The Morgan fingerprint density at radius 1 is 1.40 bits per heavy atom. The van der Waals surface area contributed by atoms with E-state index in [4.69, 9.17) is 5.11 Å². The Labute approximate surface area is 120 Å². The first-order valence-corrected chi connectivity index (χ1v) is 7.02. The zero-order valence-corrected chi connectivity index (χ0v) is 11.8. The summed E-state index contributed by atoms with van der Waals surface area (Å²) in [5, 5.41) is 8.53. The number of ether oxygens (including phenoxy) is 1. The number of benzene rings is 1. The third-order valence-electron chi connectivity index (χ3n) is 2.35. The van der Waals surface area contributed by atoms with E-state index in [0.717, 1.165) is 11.6 Å². The molecule has 0 bridgehead atoms. The van der Waals surface area contributed by atoms with Crippen LogP contribution in [0, 0.1) is 5.82 Å². The van der Waals surface area contributed by atoms with Gasteiger partial charge >= 0.3 is 11.9 Å². The van der Waals surface area contributed by atoms with E-state index in [9.17, 15) is 14.0 Å². The molecule has 0 spiro atoms. The van der Waals surface area contributed by atoms with Gasteiger partial charge in [-0.15, -0.1) is 0 Å².